The van der Waals surface area contributed by atoms with E-state index >= 15 is 0 Å². The predicted molar refractivity (Wildman–Crippen MR) is 117 cm³/mol. The van der Waals surface area contributed by atoms with E-state index in [9.17, 15) is 15.2 Å². The Kier molecular flexibility index (Phi) is 6.44. The van der Waals surface area contributed by atoms with Crippen molar-refractivity contribution in [3.63, 3.8) is 0 Å². The Balaban J connectivity index is 1.97. The molecule has 3 aromatic rings. The number of hydrogen-bond acceptors (Lipinski definition) is 3. The molecule has 0 fully saturated rings. The van der Waals surface area contributed by atoms with Gasteiger partial charge in [-0.25, -0.2) is 0 Å². The van der Waals surface area contributed by atoms with E-state index < -0.39 is 23.2 Å². The molecular formula is C25H22ClNO3. The van der Waals surface area contributed by atoms with Gasteiger partial charge in [0, 0.05) is 5.02 Å². The van der Waals surface area contributed by atoms with E-state index in [4.69, 9.17) is 16.3 Å². The number of para-hydroxylation sites is 1. The van der Waals surface area contributed by atoms with E-state index in [1.165, 1.54) is 0 Å². The van der Waals surface area contributed by atoms with Crippen molar-refractivity contribution in [2.45, 2.75) is 25.2 Å². The fourth-order valence-corrected chi connectivity index (χ4v) is 3.71. The maximum absolute atomic E-state index is 12.2. The van der Waals surface area contributed by atoms with Gasteiger partial charge in [0.1, 0.15) is 11.5 Å². The van der Waals surface area contributed by atoms with Gasteiger partial charge in [0.25, 0.3) is 0 Å². The van der Waals surface area contributed by atoms with Crippen molar-refractivity contribution in [1.82, 2.24) is 0 Å². The first kappa shape index (κ1) is 21.4. The largest absolute Gasteiger partial charge is 0.481 e. The maximum atomic E-state index is 12.2. The van der Waals surface area contributed by atoms with E-state index in [2.05, 4.69) is 6.07 Å². The highest BCUT2D eigenvalue weighted by atomic mass is 35.5. The summed E-state index contributed by atoms with van der Waals surface area (Å²) in [5.74, 6) is -1.10. The smallest absolute Gasteiger partial charge is 0.311 e. The molecule has 3 unspecified atom stereocenters. The molecule has 4 nitrogen and oxygen atoms in total. The quantitative estimate of drug-likeness (QED) is 0.479. The molecule has 0 saturated carbocycles. The standard InChI is InChI=1S/C25H22ClNO3/c1-17(23(24(28)29)18-11-13-20(26)14-12-18)25(2,16-27)19-7-6-10-22(15-19)30-21-8-4-3-5-9-21/h3-15,17,23H,1-2H3,(H,28,29). The Morgan fingerprint density at radius 3 is 2.27 bits per heavy atom. The van der Waals surface area contributed by atoms with Crippen LogP contribution in [0.5, 0.6) is 11.5 Å². The summed E-state index contributed by atoms with van der Waals surface area (Å²) in [7, 11) is 0. The molecule has 3 aromatic carbocycles. The number of hydrogen-bond donors (Lipinski definition) is 1. The highest BCUT2D eigenvalue weighted by molar-refractivity contribution is 6.30. The van der Waals surface area contributed by atoms with Gasteiger partial charge >= 0.3 is 5.97 Å². The van der Waals surface area contributed by atoms with Crippen molar-refractivity contribution in [3.05, 3.63) is 95.0 Å². The second-order valence-corrected chi connectivity index (χ2v) is 7.85. The molecule has 3 atom stereocenters. The van der Waals surface area contributed by atoms with E-state index in [-0.39, 0.29) is 0 Å². The van der Waals surface area contributed by atoms with Gasteiger partial charge in [-0.2, -0.15) is 5.26 Å². The minimum Gasteiger partial charge on any atom is -0.481 e. The van der Waals surface area contributed by atoms with Crippen LogP contribution >= 0.6 is 11.6 Å². The van der Waals surface area contributed by atoms with Crippen LogP contribution in [0.1, 0.15) is 30.9 Å². The Bertz CT molecular complexity index is 1060. The van der Waals surface area contributed by atoms with Gasteiger partial charge in [0.05, 0.1) is 17.4 Å². The lowest BCUT2D eigenvalue weighted by Gasteiger charge is -2.34. The molecule has 30 heavy (non-hydrogen) atoms. The van der Waals surface area contributed by atoms with Gasteiger partial charge in [-0.15, -0.1) is 0 Å². The molecule has 5 heteroatoms. The number of carboxylic acids is 1. The SMILES string of the molecule is CC(C(C(=O)O)c1ccc(Cl)cc1)C(C)(C#N)c1cccc(Oc2ccccc2)c1. The highest BCUT2D eigenvalue weighted by Crippen LogP contribution is 2.42. The van der Waals surface area contributed by atoms with Crippen molar-refractivity contribution in [2.24, 2.45) is 5.92 Å². The van der Waals surface area contributed by atoms with Gasteiger partial charge in [-0.3, -0.25) is 4.79 Å². The van der Waals surface area contributed by atoms with E-state index in [0.717, 1.165) is 0 Å². The second kappa shape index (κ2) is 9.02. The molecule has 152 valence electrons. The highest BCUT2D eigenvalue weighted by Gasteiger charge is 2.42. The number of rotatable bonds is 7. The van der Waals surface area contributed by atoms with Crippen LogP contribution in [0.25, 0.3) is 0 Å². The Hall–Kier alpha value is -3.29. The Morgan fingerprint density at radius 1 is 1.03 bits per heavy atom. The van der Waals surface area contributed by atoms with E-state index in [0.29, 0.717) is 27.6 Å². The lowest BCUT2D eigenvalue weighted by molar-refractivity contribution is -0.140. The molecule has 0 bridgehead atoms. The number of halogens is 1. The first-order valence-electron chi connectivity index (χ1n) is 9.58. The third-order valence-corrected chi connectivity index (χ3v) is 5.80. The van der Waals surface area contributed by atoms with E-state index in [1.807, 2.05) is 48.5 Å². The van der Waals surface area contributed by atoms with Crippen LogP contribution in [-0.4, -0.2) is 11.1 Å². The van der Waals surface area contributed by atoms with Gasteiger partial charge in [-0.1, -0.05) is 61.0 Å². The first-order valence-corrected chi connectivity index (χ1v) is 9.96. The molecule has 0 saturated heterocycles. The van der Waals surface area contributed by atoms with Crippen molar-refractivity contribution in [1.29, 1.82) is 5.26 Å². The zero-order valence-corrected chi connectivity index (χ0v) is 17.5. The summed E-state index contributed by atoms with van der Waals surface area (Å²) in [6.07, 6.45) is 0. The van der Waals surface area contributed by atoms with Crippen LogP contribution in [0.15, 0.2) is 78.9 Å². The topological polar surface area (TPSA) is 70.3 Å². The van der Waals surface area contributed by atoms with Gasteiger partial charge < -0.3 is 9.84 Å². The molecule has 0 heterocycles. The molecule has 0 aliphatic rings. The third-order valence-electron chi connectivity index (χ3n) is 5.55. The molecule has 0 spiro atoms. The number of aliphatic carboxylic acids is 1. The van der Waals surface area contributed by atoms with Gasteiger partial charge in [-0.05, 0) is 60.4 Å². The molecular weight excluding hydrogens is 398 g/mol. The normalized spacial score (nSPS) is 14.7. The summed E-state index contributed by atoms with van der Waals surface area (Å²) < 4.78 is 5.90. The minimum atomic E-state index is -1.06. The maximum Gasteiger partial charge on any atom is 0.311 e. The summed E-state index contributed by atoms with van der Waals surface area (Å²) in [5, 5.41) is 20.6. The fourth-order valence-electron chi connectivity index (χ4n) is 3.59. The van der Waals surface area contributed by atoms with Gasteiger partial charge in [0.2, 0.25) is 0 Å². The van der Waals surface area contributed by atoms with Crippen LogP contribution in [0.2, 0.25) is 5.02 Å². The molecule has 0 aromatic heterocycles. The van der Waals surface area contributed by atoms with Crippen LogP contribution in [0.3, 0.4) is 0 Å². The zero-order chi connectivity index (χ0) is 21.7. The van der Waals surface area contributed by atoms with Crippen molar-refractivity contribution in [2.75, 3.05) is 0 Å². The summed E-state index contributed by atoms with van der Waals surface area (Å²) in [6.45, 7) is 3.56. The Labute approximate surface area is 181 Å². The summed E-state index contributed by atoms with van der Waals surface area (Å²) >= 11 is 5.96. The van der Waals surface area contributed by atoms with Crippen molar-refractivity contribution < 1.29 is 14.6 Å². The molecule has 0 radical (unpaired) electrons. The predicted octanol–water partition coefficient (Wildman–Crippen LogP) is 6.42. The lowest BCUT2D eigenvalue weighted by Crippen LogP contribution is -2.36. The fraction of sp³-hybridized carbons (Fsp3) is 0.200. The van der Waals surface area contributed by atoms with Crippen LogP contribution in [0.4, 0.5) is 0 Å². The number of carbonyl (C=O) groups is 1. The summed E-state index contributed by atoms with van der Waals surface area (Å²) in [5.41, 5.74) is 0.252. The molecule has 1 N–H and O–H groups in total. The minimum absolute atomic E-state index is 0.520. The Morgan fingerprint density at radius 2 is 1.67 bits per heavy atom. The number of carboxylic acid groups (broad SMARTS) is 1. The lowest BCUT2D eigenvalue weighted by atomic mass is 9.67. The molecule has 3 rings (SSSR count). The van der Waals surface area contributed by atoms with Crippen molar-refractivity contribution >= 4 is 17.6 Å². The molecule has 0 amide bonds. The number of benzene rings is 3. The van der Waals surface area contributed by atoms with Crippen LogP contribution < -0.4 is 4.74 Å². The van der Waals surface area contributed by atoms with E-state index in [1.54, 1.807) is 44.2 Å². The van der Waals surface area contributed by atoms with Crippen LogP contribution in [-0.2, 0) is 10.2 Å². The van der Waals surface area contributed by atoms with Gasteiger partial charge in [0.15, 0.2) is 0 Å². The molecule has 0 aliphatic heterocycles. The summed E-state index contributed by atoms with van der Waals surface area (Å²) in [6, 6.07) is 25.7. The van der Waals surface area contributed by atoms with Crippen LogP contribution in [0, 0.1) is 17.2 Å². The average Bonchev–Trinajstić information content (AvgIpc) is 2.75. The third kappa shape index (κ3) is 4.48. The first-order chi connectivity index (χ1) is 14.3. The summed E-state index contributed by atoms with van der Waals surface area (Å²) in [4.78, 5) is 12.2. The van der Waals surface area contributed by atoms with Crippen molar-refractivity contribution in [3.8, 4) is 17.6 Å². The number of ether oxygens (including phenoxy) is 1. The average molecular weight is 420 g/mol. The number of nitriles is 1. The monoisotopic (exact) mass is 419 g/mol. The zero-order valence-electron chi connectivity index (χ0n) is 16.7. The number of nitrogens with zero attached hydrogens (tertiary/aromatic N) is 1. The second-order valence-electron chi connectivity index (χ2n) is 7.41. The molecule has 0 aliphatic carbocycles.